The van der Waals surface area contributed by atoms with Gasteiger partial charge in [-0.05, 0) is 0 Å². The zero-order chi connectivity index (χ0) is 0. The molecule has 0 N–H and O–H groups in total. The molecule has 5 heavy (non-hydrogen) atoms. The molecule has 0 amide bonds. The van der Waals surface area contributed by atoms with Gasteiger partial charge in [-0.2, -0.15) is 0 Å². The fourth-order valence-electron chi connectivity index (χ4n) is 0. The second-order valence-electron chi connectivity index (χ2n) is 0. The van der Waals surface area contributed by atoms with E-state index in [2.05, 4.69) is 0 Å². The molecule has 0 aliphatic heterocycles. The first-order valence-corrected chi connectivity index (χ1v) is 0. The van der Waals surface area contributed by atoms with Crippen LogP contribution in [0.5, 0.6) is 0 Å². The zero-order valence-electron chi connectivity index (χ0n) is 2.12. The predicted molar refractivity (Wildman–Crippen MR) is 2.50 cm³/mol. The summed E-state index contributed by atoms with van der Waals surface area (Å²) in [5.41, 5.74) is 0. The molecule has 0 aromatic heterocycles. The van der Waals surface area contributed by atoms with Crippen LogP contribution >= 0.6 is 0 Å². The van der Waals surface area contributed by atoms with Crippen molar-refractivity contribution in [3.05, 3.63) is 0 Å². The predicted octanol–water partition coefficient (Wildman–Crippen LogP) is -8.84. The van der Waals surface area contributed by atoms with Gasteiger partial charge in [-0.3, -0.25) is 4.70 Å². The van der Waals surface area contributed by atoms with Gasteiger partial charge in [0.15, 0.2) is 0 Å². The molecule has 0 saturated carbocycles. The summed E-state index contributed by atoms with van der Waals surface area (Å²) in [4.78, 5) is 0. The van der Waals surface area contributed by atoms with E-state index >= 15 is 0 Å². The number of halogens is 4. The Hall–Kier alpha value is 0.590. The van der Waals surface area contributed by atoms with Gasteiger partial charge < -0.3 is 14.1 Å². The summed E-state index contributed by atoms with van der Waals surface area (Å²) in [5, 5.41) is 0. The van der Waals surface area contributed by atoms with E-state index in [0.29, 0.717) is 0 Å². The van der Waals surface area contributed by atoms with E-state index in [9.17, 15) is 0 Å². The van der Waals surface area contributed by atoms with E-state index in [0.717, 1.165) is 0 Å². The molecule has 0 unspecified atom stereocenters. The Kier molecular flexibility index (Phi) is 11500. The minimum absolute atomic E-state index is 0. The maximum atomic E-state index is 0. The zero-order valence-corrected chi connectivity index (χ0v) is 3.92. The van der Waals surface area contributed by atoms with Gasteiger partial charge in [0.25, 0.3) is 0 Å². The molecule has 0 spiro atoms. The van der Waals surface area contributed by atoms with Crippen LogP contribution in [0.2, 0.25) is 0 Å². The molecule has 32 valence electrons. The van der Waals surface area contributed by atoms with Gasteiger partial charge >= 0.3 is 25.8 Å². The normalized spacial score (nSPS) is 0. The molecule has 0 saturated heterocycles. The first-order chi connectivity index (χ1) is 0. The number of hydrogen-bond donors (Lipinski definition) is 0. The summed E-state index contributed by atoms with van der Waals surface area (Å²) in [6.07, 6.45) is 0. The Balaban J connectivity index is 0. The average molecular weight is 122 g/mol. The molecule has 0 aromatic carbocycles. The van der Waals surface area contributed by atoms with Gasteiger partial charge in [-0.1, -0.05) is 0 Å². The first-order valence-electron chi connectivity index (χ1n) is 0. The molecule has 5 heteroatoms. The smallest absolute Gasteiger partial charge is 1.00 e. The molecule has 0 heterocycles. The fourth-order valence-corrected chi connectivity index (χ4v) is 0. The number of hydrogen-bond acceptors (Lipinski definition) is 0. The van der Waals surface area contributed by atoms with Crippen LogP contribution in [0, 0.1) is 0 Å². The van der Waals surface area contributed by atoms with E-state index < -0.39 is 0 Å². The van der Waals surface area contributed by atoms with Crippen LogP contribution in [-0.4, -0.2) is 0 Å². The van der Waals surface area contributed by atoms with Gasteiger partial charge in [0, 0.05) is 0 Å². The van der Waals surface area contributed by atoms with Gasteiger partial charge in [-0.15, -0.1) is 0 Å². The summed E-state index contributed by atoms with van der Waals surface area (Å²) in [5.74, 6) is 0. The van der Waals surface area contributed by atoms with Crippen molar-refractivity contribution in [2.24, 2.45) is 0 Å². The second-order valence-corrected chi connectivity index (χ2v) is 0. The molecule has 0 aliphatic carbocycles. The molecule has 0 atom stereocenters. The summed E-state index contributed by atoms with van der Waals surface area (Å²) in [6, 6.07) is 0. The third kappa shape index (κ3) is 88.4. The van der Waals surface area contributed by atoms with Crippen LogP contribution in [-0.2, 0) is 25.8 Å². The Morgan fingerprint density at radius 2 is 0.600 bits per heavy atom. The van der Waals surface area contributed by atoms with Crippen LogP contribution in [0.3, 0.4) is 0 Å². The Labute approximate surface area is 45.2 Å². The SMILES string of the molecule is F.[F-].[F-].[F-].[Sc+3]. The van der Waals surface area contributed by atoms with Crippen molar-refractivity contribution in [3.63, 3.8) is 0 Å². The maximum absolute atomic E-state index is 0. The molecule has 0 radical (unpaired) electrons. The van der Waals surface area contributed by atoms with Crippen molar-refractivity contribution in [2.75, 3.05) is 0 Å². The molecule has 0 bridgehead atoms. The summed E-state index contributed by atoms with van der Waals surface area (Å²) in [6.45, 7) is 0. The molecule has 0 aromatic rings. The molecule has 0 aliphatic rings. The molecule has 0 rings (SSSR count). The summed E-state index contributed by atoms with van der Waals surface area (Å²) >= 11 is 0. The van der Waals surface area contributed by atoms with Crippen molar-refractivity contribution in [3.8, 4) is 0 Å². The van der Waals surface area contributed by atoms with Crippen LogP contribution < -0.4 is 14.1 Å². The van der Waals surface area contributed by atoms with Gasteiger partial charge in [-0.25, -0.2) is 0 Å². The topological polar surface area (TPSA) is 0 Å². The maximum Gasteiger partial charge on any atom is 3.00 e. The van der Waals surface area contributed by atoms with Gasteiger partial charge in [0.05, 0.1) is 0 Å². The van der Waals surface area contributed by atoms with E-state index in [1.807, 2.05) is 0 Å². The monoisotopic (exact) mass is 122 g/mol. The summed E-state index contributed by atoms with van der Waals surface area (Å²) < 4.78 is 0. The average Bonchev–Trinajstić information content (AvgIpc) is 0. The first kappa shape index (κ1) is 338. The summed E-state index contributed by atoms with van der Waals surface area (Å²) in [7, 11) is 0. The minimum atomic E-state index is 0. The standard InChI is InChI=1S/4FH.Sc/h4*1H;/q;;;;+3/p-3. The van der Waals surface area contributed by atoms with Crippen molar-refractivity contribution < 1.29 is 44.7 Å². The van der Waals surface area contributed by atoms with E-state index in [4.69, 9.17) is 0 Å². The third-order valence-corrected chi connectivity index (χ3v) is 0. The second kappa shape index (κ2) is 170. The third-order valence-electron chi connectivity index (χ3n) is 0. The molecule has 0 fully saturated rings. The van der Waals surface area contributed by atoms with Crippen LogP contribution in [0.15, 0.2) is 0 Å². The Morgan fingerprint density at radius 3 is 0.600 bits per heavy atom. The van der Waals surface area contributed by atoms with Crippen molar-refractivity contribution >= 4 is 0 Å². The molecule has 0 nitrogen and oxygen atoms in total. The minimum Gasteiger partial charge on any atom is -1.00 e. The van der Waals surface area contributed by atoms with Gasteiger partial charge in [0.1, 0.15) is 0 Å². The van der Waals surface area contributed by atoms with Crippen molar-refractivity contribution in [2.45, 2.75) is 0 Å². The van der Waals surface area contributed by atoms with Crippen molar-refractivity contribution in [1.29, 1.82) is 0 Å². The largest absolute Gasteiger partial charge is 3.00 e. The number of rotatable bonds is 0. The Bertz CT molecular complexity index is 3.61. The quantitative estimate of drug-likeness (QED) is 0.280. The van der Waals surface area contributed by atoms with E-state index in [1.165, 1.54) is 0 Å². The van der Waals surface area contributed by atoms with Crippen molar-refractivity contribution in [1.82, 2.24) is 0 Å². The fraction of sp³-hybridized carbons (Fsp3) is 0. The van der Waals surface area contributed by atoms with E-state index in [-0.39, 0.29) is 44.7 Å². The van der Waals surface area contributed by atoms with Crippen LogP contribution in [0.25, 0.3) is 0 Å². The van der Waals surface area contributed by atoms with Crippen LogP contribution in [0.1, 0.15) is 0 Å². The molecular formula is HF4Sc. The molecular weight excluding hydrogens is 121 g/mol. The Morgan fingerprint density at radius 1 is 0.600 bits per heavy atom. The van der Waals surface area contributed by atoms with Gasteiger partial charge in [0.2, 0.25) is 0 Å². The van der Waals surface area contributed by atoms with Crippen LogP contribution in [0.4, 0.5) is 4.70 Å². The van der Waals surface area contributed by atoms with E-state index in [1.54, 1.807) is 0 Å².